The molecule has 4 saturated carbocycles. The van der Waals surface area contributed by atoms with E-state index in [-0.39, 0.29) is 5.91 Å². The summed E-state index contributed by atoms with van der Waals surface area (Å²) in [6, 6.07) is 8.31. The minimum atomic E-state index is -0.513. The van der Waals surface area contributed by atoms with Crippen LogP contribution in [0.1, 0.15) is 37.7 Å². The third kappa shape index (κ3) is 1.90. The summed E-state index contributed by atoms with van der Waals surface area (Å²) in [7, 11) is 0. The van der Waals surface area contributed by atoms with E-state index in [0.29, 0.717) is 11.8 Å². The van der Waals surface area contributed by atoms with Gasteiger partial charge in [0.05, 0.1) is 0 Å². The predicted octanol–water partition coefficient (Wildman–Crippen LogP) is 3.09. The maximum atomic E-state index is 12.5. The number of benzene rings is 1. The van der Waals surface area contributed by atoms with Crippen molar-refractivity contribution in [1.82, 2.24) is 0 Å². The molecule has 4 aliphatic rings. The van der Waals surface area contributed by atoms with Gasteiger partial charge in [0.2, 0.25) is 5.91 Å². The van der Waals surface area contributed by atoms with Crippen LogP contribution in [0, 0.1) is 30.6 Å². The molecule has 0 unspecified atom stereocenters. The normalized spacial score (nSPS) is 40.2. The molecule has 112 valence electrons. The van der Waals surface area contributed by atoms with E-state index in [2.05, 4.69) is 30.4 Å². The smallest absolute Gasteiger partial charge is 0.243 e. The Morgan fingerprint density at radius 2 is 1.76 bits per heavy atom. The maximum Gasteiger partial charge on any atom is 0.243 e. The summed E-state index contributed by atoms with van der Waals surface area (Å²) in [4.78, 5) is 12.5. The largest absolute Gasteiger partial charge is 0.371 e. The Bertz CT molecular complexity index is 552. The first-order chi connectivity index (χ1) is 10.1. The summed E-state index contributed by atoms with van der Waals surface area (Å²) >= 11 is 0. The molecule has 0 heterocycles. The van der Waals surface area contributed by atoms with E-state index in [1.807, 2.05) is 6.07 Å². The van der Waals surface area contributed by atoms with E-state index >= 15 is 0 Å². The monoisotopic (exact) mass is 284 g/mol. The summed E-state index contributed by atoms with van der Waals surface area (Å²) in [5.74, 6) is 2.37. The van der Waals surface area contributed by atoms with Crippen LogP contribution in [-0.2, 0) is 4.79 Å². The topological polar surface area (TPSA) is 55.1 Å². The average Bonchev–Trinajstić information content (AvgIpc) is 2.42. The zero-order valence-electron chi connectivity index (χ0n) is 12.6. The molecule has 1 aromatic rings. The maximum absolute atomic E-state index is 12.5. The molecule has 0 aromatic heterocycles. The molecular formula is C18H24N2O. The van der Waals surface area contributed by atoms with Gasteiger partial charge < -0.3 is 11.1 Å². The molecule has 0 saturated heterocycles. The van der Waals surface area contributed by atoms with Crippen molar-refractivity contribution >= 4 is 11.6 Å². The first kappa shape index (κ1) is 13.2. The fourth-order valence-corrected chi connectivity index (χ4v) is 5.56. The Labute approximate surface area is 126 Å². The predicted molar refractivity (Wildman–Crippen MR) is 83.8 cm³/mol. The van der Waals surface area contributed by atoms with Crippen LogP contribution in [0.3, 0.4) is 0 Å². The van der Waals surface area contributed by atoms with Gasteiger partial charge in [-0.25, -0.2) is 0 Å². The molecule has 3 N–H and O–H groups in total. The van der Waals surface area contributed by atoms with E-state index in [9.17, 15) is 4.79 Å². The molecule has 1 amide bonds. The van der Waals surface area contributed by atoms with Gasteiger partial charge in [-0.1, -0.05) is 12.1 Å². The molecule has 4 bridgehead atoms. The van der Waals surface area contributed by atoms with Gasteiger partial charge in [-0.15, -0.1) is 0 Å². The standard InChI is InChI=1S/C18H24N2O/c1-11-3-2-4-16(5-11)20-18(17(19)21)14-7-12-6-13(9-14)10-15(18)8-12/h2-5,12-15,20H,6-10H2,1H3,(H2,19,21). The van der Waals surface area contributed by atoms with Gasteiger partial charge in [0.25, 0.3) is 0 Å². The highest BCUT2D eigenvalue weighted by Gasteiger charge is 2.60. The molecule has 0 spiro atoms. The Balaban J connectivity index is 1.72. The van der Waals surface area contributed by atoms with Crippen LogP contribution in [0.15, 0.2) is 24.3 Å². The van der Waals surface area contributed by atoms with E-state index in [1.165, 1.54) is 37.7 Å². The van der Waals surface area contributed by atoms with Crippen molar-refractivity contribution in [2.24, 2.45) is 29.4 Å². The lowest BCUT2D eigenvalue weighted by molar-refractivity contribution is -0.136. The number of anilines is 1. The second kappa shape index (κ2) is 4.49. The number of primary amides is 1. The van der Waals surface area contributed by atoms with E-state index < -0.39 is 5.54 Å². The summed E-state index contributed by atoms with van der Waals surface area (Å²) < 4.78 is 0. The van der Waals surface area contributed by atoms with Gasteiger partial charge >= 0.3 is 0 Å². The Morgan fingerprint density at radius 3 is 2.29 bits per heavy atom. The van der Waals surface area contributed by atoms with Crippen molar-refractivity contribution in [2.75, 3.05) is 5.32 Å². The van der Waals surface area contributed by atoms with Crippen LogP contribution in [0.2, 0.25) is 0 Å². The SMILES string of the molecule is Cc1cccc(NC2(C(N)=O)C3CC4CC(C3)CC2C4)c1. The molecule has 3 nitrogen and oxygen atoms in total. The highest BCUT2D eigenvalue weighted by Crippen LogP contribution is 2.59. The summed E-state index contributed by atoms with van der Waals surface area (Å²) in [5, 5.41) is 3.60. The van der Waals surface area contributed by atoms with Crippen molar-refractivity contribution in [3.8, 4) is 0 Å². The van der Waals surface area contributed by atoms with Gasteiger partial charge in [0, 0.05) is 5.69 Å². The van der Waals surface area contributed by atoms with Gasteiger partial charge in [-0.05, 0) is 80.4 Å². The second-order valence-corrected chi connectivity index (χ2v) is 7.53. The zero-order chi connectivity index (χ0) is 14.6. The Morgan fingerprint density at radius 1 is 1.14 bits per heavy atom. The third-order valence-electron chi connectivity index (χ3n) is 6.20. The van der Waals surface area contributed by atoms with Crippen LogP contribution >= 0.6 is 0 Å². The van der Waals surface area contributed by atoms with Crippen LogP contribution in [0.25, 0.3) is 0 Å². The fourth-order valence-electron chi connectivity index (χ4n) is 5.56. The van der Waals surface area contributed by atoms with Crippen LogP contribution in [0.4, 0.5) is 5.69 Å². The molecule has 21 heavy (non-hydrogen) atoms. The first-order valence-corrected chi connectivity index (χ1v) is 8.22. The van der Waals surface area contributed by atoms with Crippen molar-refractivity contribution < 1.29 is 4.79 Å². The van der Waals surface area contributed by atoms with Crippen LogP contribution in [-0.4, -0.2) is 11.4 Å². The number of hydrogen-bond acceptors (Lipinski definition) is 2. The zero-order valence-corrected chi connectivity index (χ0v) is 12.6. The number of aryl methyl sites for hydroxylation is 1. The lowest BCUT2D eigenvalue weighted by atomic mass is 9.48. The van der Waals surface area contributed by atoms with E-state index in [0.717, 1.165) is 17.5 Å². The first-order valence-electron chi connectivity index (χ1n) is 8.22. The van der Waals surface area contributed by atoms with Crippen molar-refractivity contribution in [2.45, 2.75) is 44.6 Å². The second-order valence-electron chi connectivity index (χ2n) is 7.53. The van der Waals surface area contributed by atoms with Gasteiger partial charge in [-0.3, -0.25) is 4.79 Å². The van der Waals surface area contributed by atoms with E-state index in [1.54, 1.807) is 0 Å². The summed E-state index contributed by atoms with van der Waals surface area (Å²) in [6.07, 6.45) is 6.08. The van der Waals surface area contributed by atoms with Crippen molar-refractivity contribution in [3.05, 3.63) is 29.8 Å². The highest BCUT2D eigenvalue weighted by molar-refractivity contribution is 5.89. The molecule has 5 rings (SSSR count). The summed E-state index contributed by atoms with van der Waals surface area (Å²) in [5.41, 5.74) is 7.68. The molecule has 4 aliphatic carbocycles. The van der Waals surface area contributed by atoms with Crippen molar-refractivity contribution in [1.29, 1.82) is 0 Å². The minimum absolute atomic E-state index is 0.141. The summed E-state index contributed by atoms with van der Waals surface area (Å²) in [6.45, 7) is 2.08. The molecule has 3 heteroatoms. The molecule has 0 aliphatic heterocycles. The minimum Gasteiger partial charge on any atom is -0.371 e. The fraction of sp³-hybridized carbons (Fsp3) is 0.611. The Kier molecular flexibility index (Phi) is 2.82. The molecule has 0 radical (unpaired) electrons. The molecule has 1 aromatic carbocycles. The Hall–Kier alpha value is -1.51. The number of rotatable bonds is 3. The molecule has 0 atom stereocenters. The number of carbonyl (C=O) groups excluding carboxylic acids is 1. The lowest BCUT2D eigenvalue weighted by Crippen LogP contribution is -2.67. The lowest BCUT2D eigenvalue weighted by Gasteiger charge is -2.60. The molecular weight excluding hydrogens is 260 g/mol. The number of amides is 1. The average molecular weight is 284 g/mol. The van der Waals surface area contributed by atoms with Gasteiger partial charge in [0.15, 0.2) is 0 Å². The van der Waals surface area contributed by atoms with E-state index in [4.69, 9.17) is 5.73 Å². The molecule has 4 fully saturated rings. The quantitative estimate of drug-likeness (QED) is 0.896. The van der Waals surface area contributed by atoms with Crippen molar-refractivity contribution in [3.63, 3.8) is 0 Å². The third-order valence-corrected chi connectivity index (χ3v) is 6.20. The van der Waals surface area contributed by atoms with Gasteiger partial charge in [-0.2, -0.15) is 0 Å². The van der Waals surface area contributed by atoms with Crippen LogP contribution in [0.5, 0.6) is 0 Å². The number of nitrogens with two attached hydrogens (primary N) is 1. The number of carbonyl (C=O) groups is 1. The number of nitrogens with one attached hydrogen (secondary N) is 1. The van der Waals surface area contributed by atoms with Crippen LogP contribution < -0.4 is 11.1 Å². The number of hydrogen-bond donors (Lipinski definition) is 2. The van der Waals surface area contributed by atoms with Gasteiger partial charge in [0.1, 0.15) is 5.54 Å². The highest BCUT2D eigenvalue weighted by atomic mass is 16.1.